The zero-order chi connectivity index (χ0) is 17.0. The van der Waals surface area contributed by atoms with E-state index >= 15 is 0 Å². The number of nitrogens with two attached hydrogens (primary N) is 1. The topological polar surface area (TPSA) is 110 Å². The molecule has 8 heteroatoms. The maximum absolute atomic E-state index is 11.9. The van der Waals surface area contributed by atoms with Crippen molar-refractivity contribution >= 4 is 17.5 Å². The third kappa shape index (κ3) is 3.96. The summed E-state index contributed by atoms with van der Waals surface area (Å²) in [4.78, 5) is 11.9. The molecule has 7 nitrogen and oxygen atoms in total. The molecule has 2 rings (SSSR count). The van der Waals surface area contributed by atoms with Crippen molar-refractivity contribution < 1.29 is 4.79 Å². The number of carbonyl (C=O) groups is 1. The average molecular weight is 328 g/mol. The van der Waals surface area contributed by atoms with Crippen LogP contribution in [-0.4, -0.2) is 31.5 Å². The minimum absolute atomic E-state index is 0.00952. The van der Waals surface area contributed by atoms with Gasteiger partial charge in [0.1, 0.15) is 16.7 Å². The van der Waals surface area contributed by atoms with Gasteiger partial charge in [0.15, 0.2) is 11.6 Å². The van der Waals surface area contributed by atoms with Gasteiger partial charge in [0.25, 0.3) is 0 Å². The van der Waals surface area contributed by atoms with Crippen molar-refractivity contribution in [2.24, 2.45) is 5.73 Å². The van der Waals surface area contributed by atoms with Gasteiger partial charge in [0.2, 0.25) is 0 Å². The number of aromatic nitrogens is 4. The van der Waals surface area contributed by atoms with Crippen molar-refractivity contribution in [3.8, 4) is 11.9 Å². The summed E-state index contributed by atoms with van der Waals surface area (Å²) in [6.45, 7) is 5.38. The van der Waals surface area contributed by atoms with E-state index in [9.17, 15) is 4.79 Å². The minimum Gasteiger partial charge on any atom is -0.401 e. The highest BCUT2D eigenvalue weighted by molar-refractivity contribution is 7.99. The Balaban J connectivity index is 2.07. The van der Waals surface area contributed by atoms with Crippen LogP contribution >= 0.6 is 11.8 Å². The molecule has 2 N–H and O–H groups in total. The van der Waals surface area contributed by atoms with Crippen LogP contribution in [0.3, 0.4) is 0 Å². The molecular formula is C15H16N6OS. The van der Waals surface area contributed by atoms with Crippen molar-refractivity contribution in [1.29, 1.82) is 5.26 Å². The fourth-order valence-electron chi connectivity index (χ4n) is 1.95. The van der Waals surface area contributed by atoms with E-state index in [1.54, 1.807) is 16.8 Å². The standard InChI is InChI=1S/C15H16N6OS/c1-9-6-10(2)21(20-9)14-4-5-15(19-18-14)23-8-13(22)12(7-16)11(3)17/h4-6H,8,17H2,1-3H3/b12-11+. The molecule has 0 spiro atoms. The first-order valence-electron chi connectivity index (χ1n) is 6.82. The van der Waals surface area contributed by atoms with Crippen LogP contribution in [-0.2, 0) is 4.79 Å². The molecule has 0 unspecified atom stereocenters. The lowest BCUT2D eigenvalue weighted by Crippen LogP contribution is -2.10. The summed E-state index contributed by atoms with van der Waals surface area (Å²) in [7, 11) is 0. The molecule has 0 aliphatic heterocycles. The third-order valence-electron chi connectivity index (χ3n) is 2.99. The third-order valence-corrected chi connectivity index (χ3v) is 3.91. The summed E-state index contributed by atoms with van der Waals surface area (Å²) >= 11 is 1.21. The SMILES string of the molecule is C/C(N)=C(/C#N)C(=O)CSc1ccc(-n2nc(C)cc2C)nn1. The van der Waals surface area contributed by atoms with E-state index in [4.69, 9.17) is 11.0 Å². The Morgan fingerprint density at radius 1 is 1.39 bits per heavy atom. The molecule has 0 fully saturated rings. The van der Waals surface area contributed by atoms with Gasteiger partial charge in [-0.1, -0.05) is 11.8 Å². The summed E-state index contributed by atoms with van der Waals surface area (Å²) < 4.78 is 1.70. The predicted octanol–water partition coefficient (Wildman–Crippen LogP) is 1.70. The molecule has 0 saturated carbocycles. The van der Waals surface area contributed by atoms with Crippen molar-refractivity contribution in [3.63, 3.8) is 0 Å². The lowest BCUT2D eigenvalue weighted by atomic mass is 10.2. The second kappa shape index (κ2) is 7.07. The summed E-state index contributed by atoms with van der Waals surface area (Å²) in [6, 6.07) is 7.32. The molecule has 2 aromatic heterocycles. The molecule has 118 valence electrons. The summed E-state index contributed by atoms with van der Waals surface area (Å²) in [5.41, 5.74) is 7.59. The monoisotopic (exact) mass is 328 g/mol. The van der Waals surface area contributed by atoms with Crippen LogP contribution in [0.4, 0.5) is 0 Å². The largest absolute Gasteiger partial charge is 0.401 e. The highest BCUT2D eigenvalue weighted by Crippen LogP contribution is 2.17. The summed E-state index contributed by atoms with van der Waals surface area (Å²) in [5, 5.41) is 22.0. The molecular weight excluding hydrogens is 312 g/mol. The Labute approximate surface area is 138 Å². The maximum atomic E-state index is 11.9. The van der Waals surface area contributed by atoms with E-state index < -0.39 is 0 Å². The van der Waals surface area contributed by atoms with E-state index in [0.29, 0.717) is 10.8 Å². The van der Waals surface area contributed by atoms with Crippen molar-refractivity contribution in [3.05, 3.63) is 40.9 Å². The zero-order valence-corrected chi connectivity index (χ0v) is 13.9. The molecule has 0 bridgehead atoms. The van der Waals surface area contributed by atoms with Gasteiger partial charge in [-0.2, -0.15) is 10.4 Å². The zero-order valence-electron chi connectivity index (χ0n) is 13.1. The Kier molecular flexibility index (Phi) is 5.13. The molecule has 0 radical (unpaired) electrons. The maximum Gasteiger partial charge on any atom is 0.185 e. The second-order valence-corrected chi connectivity index (χ2v) is 5.95. The summed E-state index contributed by atoms with van der Waals surface area (Å²) in [5.74, 6) is 0.384. The van der Waals surface area contributed by atoms with Gasteiger partial charge in [0, 0.05) is 11.4 Å². The van der Waals surface area contributed by atoms with Crippen LogP contribution in [0.25, 0.3) is 5.82 Å². The first-order chi connectivity index (χ1) is 10.9. The van der Waals surface area contributed by atoms with Gasteiger partial charge < -0.3 is 5.73 Å². The summed E-state index contributed by atoms with van der Waals surface area (Å²) in [6.07, 6.45) is 0. The number of ketones is 1. The molecule has 0 atom stereocenters. The molecule has 2 heterocycles. The van der Waals surface area contributed by atoms with E-state index in [1.807, 2.05) is 26.0 Å². The first kappa shape index (κ1) is 16.7. The van der Waals surface area contributed by atoms with Gasteiger partial charge in [-0.3, -0.25) is 4.79 Å². The quantitative estimate of drug-likeness (QED) is 0.505. The Hall–Kier alpha value is -2.66. The van der Waals surface area contributed by atoms with Gasteiger partial charge in [0.05, 0.1) is 11.4 Å². The van der Waals surface area contributed by atoms with Crippen LogP contribution in [0.15, 0.2) is 34.5 Å². The highest BCUT2D eigenvalue weighted by atomic mass is 32.2. The molecule has 0 amide bonds. The first-order valence-corrected chi connectivity index (χ1v) is 7.80. The number of nitriles is 1. The number of Topliss-reactive ketones (excluding diaryl/α,β-unsaturated/α-hetero) is 1. The normalized spacial score (nSPS) is 11.7. The van der Waals surface area contributed by atoms with Crippen LogP contribution in [0.2, 0.25) is 0 Å². The number of aryl methyl sites for hydroxylation is 2. The molecule has 2 aromatic rings. The molecule has 0 aliphatic rings. The van der Waals surface area contributed by atoms with Gasteiger partial charge >= 0.3 is 0 Å². The Morgan fingerprint density at radius 2 is 2.13 bits per heavy atom. The average Bonchev–Trinajstić information content (AvgIpc) is 2.84. The van der Waals surface area contributed by atoms with Gasteiger partial charge in [-0.25, -0.2) is 4.68 Å². The lowest BCUT2D eigenvalue weighted by Gasteiger charge is -2.04. The number of nitrogens with zero attached hydrogens (tertiary/aromatic N) is 5. The van der Waals surface area contributed by atoms with Crippen molar-refractivity contribution in [2.45, 2.75) is 25.8 Å². The minimum atomic E-state index is -0.318. The van der Waals surface area contributed by atoms with Crippen molar-refractivity contribution in [2.75, 3.05) is 5.75 Å². The van der Waals surface area contributed by atoms with Crippen LogP contribution in [0.5, 0.6) is 0 Å². The smallest absolute Gasteiger partial charge is 0.185 e. The molecule has 0 aliphatic carbocycles. The van der Waals surface area contributed by atoms with Crippen molar-refractivity contribution in [1.82, 2.24) is 20.0 Å². The van der Waals surface area contributed by atoms with E-state index in [0.717, 1.165) is 11.4 Å². The number of allylic oxidation sites excluding steroid dienone is 2. The van der Waals surface area contributed by atoms with Gasteiger partial charge in [-0.15, -0.1) is 10.2 Å². The lowest BCUT2D eigenvalue weighted by molar-refractivity contribution is -0.112. The predicted molar refractivity (Wildman–Crippen MR) is 86.9 cm³/mol. The van der Waals surface area contributed by atoms with Crippen LogP contribution in [0, 0.1) is 25.2 Å². The number of rotatable bonds is 5. The Bertz CT molecular complexity index is 796. The van der Waals surface area contributed by atoms with E-state index in [2.05, 4.69) is 15.3 Å². The van der Waals surface area contributed by atoms with Gasteiger partial charge in [-0.05, 0) is 39.0 Å². The molecule has 0 saturated heterocycles. The van der Waals surface area contributed by atoms with Crippen LogP contribution < -0.4 is 5.73 Å². The van der Waals surface area contributed by atoms with Crippen LogP contribution in [0.1, 0.15) is 18.3 Å². The van der Waals surface area contributed by atoms with E-state index in [-0.39, 0.29) is 22.8 Å². The highest BCUT2D eigenvalue weighted by Gasteiger charge is 2.13. The number of carbonyl (C=O) groups excluding carboxylic acids is 1. The number of hydrogen-bond donors (Lipinski definition) is 1. The number of hydrogen-bond acceptors (Lipinski definition) is 7. The second-order valence-electron chi connectivity index (χ2n) is 4.95. The molecule has 23 heavy (non-hydrogen) atoms. The molecule has 0 aromatic carbocycles. The van der Waals surface area contributed by atoms with E-state index in [1.165, 1.54) is 18.7 Å². The Morgan fingerprint density at radius 3 is 2.61 bits per heavy atom. The fourth-order valence-corrected chi connectivity index (χ4v) is 2.63. The number of thioether (sulfide) groups is 1. The fraction of sp³-hybridized carbons (Fsp3) is 0.267.